The predicted octanol–water partition coefficient (Wildman–Crippen LogP) is 2.45. The van der Waals surface area contributed by atoms with Crippen LogP contribution in [0.25, 0.3) is 0 Å². The third-order valence-corrected chi connectivity index (χ3v) is 6.79. The second-order valence-corrected chi connectivity index (χ2v) is 8.34. The Balaban J connectivity index is 1.39. The van der Waals surface area contributed by atoms with Crippen molar-refractivity contribution in [1.29, 1.82) is 0 Å². The highest BCUT2D eigenvalue weighted by molar-refractivity contribution is 5.74. The summed E-state index contributed by atoms with van der Waals surface area (Å²) in [5.74, 6) is 0.891. The molecule has 0 radical (unpaired) electrons. The fourth-order valence-corrected chi connectivity index (χ4v) is 4.75. The average Bonchev–Trinajstić information content (AvgIpc) is 3.27. The number of hydrogen-bond donors (Lipinski definition) is 2. The number of nitrogens with zero attached hydrogens (tertiary/aromatic N) is 2. The van der Waals surface area contributed by atoms with Crippen molar-refractivity contribution in [2.75, 3.05) is 39.3 Å². The van der Waals surface area contributed by atoms with E-state index in [1.165, 1.54) is 32.2 Å². The maximum atomic E-state index is 12.5. The van der Waals surface area contributed by atoms with E-state index in [1.807, 2.05) is 4.90 Å². The number of carbonyl (C=O) groups excluding carboxylic acids is 1. The maximum absolute atomic E-state index is 12.5. The van der Waals surface area contributed by atoms with Crippen LogP contribution in [-0.2, 0) is 0 Å². The van der Waals surface area contributed by atoms with Crippen molar-refractivity contribution in [1.82, 2.24) is 15.1 Å². The number of likely N-dealkylation sites (tertiary alicyclic amines) is 2. The third-order valence-electron chi connectivity index (χ3n) is 6.79. The largest absolute Gasteiger partial charge is 0.396 e. The van der Waals surface area contributed by atoms with Crippen LogP contribution < -0.4 is 5.32 Å². The van der Waals surface area contributed by atoms with Gasteiger partial charge in [-0.25, -0.2) is 4.79 Å². The molecule has 2 aliphatic heterocycles. The lowest BCUT2D eigenvalue weighted by atomic mass is 9.77. The summed E-state index contributed by atoms with van der Waals surface area (Å²) in [6.45, 7) is 7.32. The first-order valence-electron chi connectivity index (χ1n) is 10.0. The standard InChI is InChI=1S/C19H35N3O2/c1-2-19(15-23)8-11-22(12-9-19)18(24)20-17-7-10-21(14-17)13-16-5-3-4-6-16/h16-17,23H,2-15H2,1H3,(H,20,24). The lowest BCUT2D eigenvalue weighted by Gasteiger charge is -2.40. The number of urea groups is 1. The summed E-state index contributed by atoms with van der Waals surface area (Å²) in [6, 6.07) is 0.417. The Labute approximate surface area is 146 Å². The van der Waals surface area contributed by atoms with Crippen molar-refractivity contribution in [2.45, 2.75) is 64.3 Å². The number of amides is 2. The first kappa shape index (κ1) is 18.0. The molecule has 1 aliphatic carbocycles. The molecule has 138 valence electrons. The number of aliphatic hydroxyl groups is 1. The van der Waals surface area contributed by atoms with Crippen molar-refractivity contribution in [3.63, 3.8) is 0 Å². The molecule has 24 heavy (non-hydrogen) atoms. The molecular formula is C19H35N3O2. The van der Waals surface area contributed by atoms with Gasteiger partial charge in [0.2, 0.25) is 0 Å². The molecule has 0 aromatic heterocycles. The molecule has 0 aromatic rings. The van der Waals surface area contributed by atoms with Gasteiger partial charge in [-0.15, -0.1) is 0 Å². The third kappa shape index (κ3) is 4.23. The molecule has 5 heteroatoms. The van der Waals surface area contributed by atoms with Gasteiger partial charge in [-0.3, -0.25) is 0 Å². The summed E-state index contributed by atoms with van der Waals surface area (Å²) in [5.41, 5.74) is 0.0439. The minimum absolute atomic E-state index is 0.0439. The zero-order valence-electron chi connectivity index (χ0n) is 15.3. The van der Waals surface area contributed by atoms with Crippen molar-refractivity contribution in [3.05, 3.63) is 0 Å². The smallest absolute Gasteiger partial charge is 0.317 e. The Morgan fingerprint density at radius 1 is 1.17 bits per heavy atom. The summed E-state index contributed by atoms with van der Waals surface area (Å²) in [5, 5.41) is 12.9. The van der Waals surface area contributed by atoms with E-state index in [-0.39, 0.29) is 18.1 Å². The average molecular weight is 338 g/mol. The molecule has 0 bridgehead atoms. The van der Waals surface area contributed by atoms with E-state index in [4.69, 9.17) is 0 Å². The van der Waals surface area contributed by atoms with Gasteiger partial charge in [-0.1, -0.05) is 19.8 Å². The summed E-state index contributed by atoms with van der Waals surface area (Å²) in [6.07, 6.45) is 9.52. The topological polar surface area (TPSA) is 55.8 Å². The summed E-state index contributed by atoms with van der Waals surface area (Å²) in [7, 11) is 0. The Morgan fingerprint density at radius 3 is 2.50 bits per heavy atom. The summed E-state index contributed by atoms with van der Waals surface area (Å²) < 4.78 is 0. The Morgan fingerprint density at radius 2 is 1.88 bits per heavy atom. The van der Waals surface area contributed by atoms with Crippen LogP contribution in [0.15, 0.2) is 0 Å². The second kappa shape index (κ2) is 8.05. The molecule has 3 rings (SSSR count). The van der Waals surface area contributed by atoms with Gasteiger partial charge < -0.3 is 20.2 Å². The van der Waals surface area contributed by atoms with E-state index < -0.39 is 0 Å². The van der Waals surface area contributed by atoms with Crippen molar-refractivity contribution in [2.24, 2.45) is 11.3 Å². The SMILES string of the molecule is CCC1(CO)CCN(C(=O)NC2CCN(CC3CCCC3)C2)CC1. The molecule has 1 unspecified atom stereocenters. The number of nitrogens with one attached hydrogen (secondary N) is 1. The van der Waals surface area contributed by atoms with E-state index in [1.54, 1.807) is 0 Å². The molecule has 5 nitrogen and oxygen atoms in total. The first-order chi connectivity index (χ1) is 11.6. The molecule has 0 spiro atoms. The highest BCUT2D eigenvalue weighted by Crippen LogP contribution is 2.34. The number of hydrogen-bond acceptors (Lipinski definition) is 3. The van der Waals surface area contributed by atoms with Crippen molar-refractivity contribution >= 4 is 6.03 Å². The molecule has 3 fully saturated rings. The van der Waals surface area contributed by atoms with E-state index in [0.717, 1.165) is 57.8 Å². The summed E-state index contributed by atoms with van der Waals surface area (Å²) >= 11 is 0. The van der Waals surface area contributed by atoms with Crippen LogP contribution in [0, 0.1) is 11.3 Å². The van der Waals surface area contributed by atoms with Crippen LogP contribution in [0.4, 0.5) is 4.79 Å². The highest BCUT2D eigenvalue weighted by Gasteiger charge is 2.35. The minimum Gasteiger partial charge on any atom is -0.396 e. The fraction of sp³-hybridized carbons (Fsp3) is 0.947. The minimum atomic E-state index is 0.0439. The monoisotopic (exact) mass is 337 g/mol. The molecular weight excluding hydrogens is 302 g/mol. The Bertz CT molecular complexity index is 409. The van der Waals surface area contributed by atoms with Gasteiger partial charge in [0, 0.05) is 45.4 Å². The number of rotatable bonds is 5. The van der Waals surface area contributed by atoms with Gasteiger partial charge in [-0.2, -0.15) is 0 Å². The predicted molar refractivity (Wildman–Crippen MR) is 96.0 cm³/mol. The van der Waals surface area contributed by atoms with Crippen LogP contribution in [0.5, 0.6) is 0 Å². The normalized spacial score (nSPS) is 28.4. The van der Waals surface area contributed by atoms with Gasteiger partial charge in [-0.05, 0) is 49.9 Å². The van der Waals surface area contributed by atoms with Crippen LogP contribution in [0.2, 0.25) is 0 Å². The number of carbonyl (C=O) groups is 1. The van der Waals surface area contributed by atoms with E-state index in [0.29, 0.717) is 6.04 Å². The molecule has 0 aromatic carbocycles. The van der Waals surface area contributed by atoms with Crippen LogP contribution in [0.1, 0.15) is 58.3 Å². The van der Waals surface area contributed by atoms with E-state index in [2.05, 4.69) is 17.1 Å². The van der Waals surface area contributed by atoms with Crippen LogP contribution in [-0.4, -0.2) is 66.3 Å². The number of aliphatic hydroxyl groups excluding tert-OH is 1. The molecule has 1 saturated carbocycles. The molecule has 2 N–H and O–H groups in total. The van der Waals surface area contributed by atoms with Crippen molar-refractivity contribution in [3.8, 4) is 0 Å². The molecule has 2 heterocycles. The van der Waals surface area contributed by atoms with E-state index >= 15 is 0 Å². The fourth-order valence-electron chi connectivity index (χ4n) is 4.75. The van der Waals surface area contributed by atoms with Crippen LogP contribution >= 0.6 is 0 Å². The Hall–Kier alpha value is -0.810. The highest BCUT2D eigenvalue weighted by atomic mass is 16.3. The van der Waals surface area contributed by atoms with Crippen LogP contribution in [0.3, 0.4) is 0 Å². The molecule has 1 atom stereocenters. The first-order valence-corrected chi connectivity index (χ1v) is 10.0. The lowest BCUT2D eigenvalue weighted by Crippen LogP contribution is -2.51. The molecule has 2 amide bonds. The second-order valence-electron chi connectivity index (χ2n) is 8.34. The van der Waals surface area contributed by atoms with Gasteiger partial charge in [0.25, 0.3) is 0 Å². The van der Waals surface area contributed by atoms with Gasteiger partial charge in [0.05, 0.1) is 0 Å². The Kier molecular flexibility index (Phi) is 6.03. The zero-order chi connectivity index (χ0) is 17.0. The maximum Gasteiger partial charge on any atom is 0.317 e. The van der Waals surface area contributed by atoms with Gasteiger partial charge >= 0.3 is 6.03 Å². The molecule has 3 aliphatic rings. The number of piperidine rings is 1. The van der Waals surface area contributed by atoms with Gasteiger partial charge in [0.15, 0.2) is 0 Å². The lowest BCUT2D eigenvalue weighted by molar-refractivity contribution is 0.0515. The quantitative estimate of drug-likeness (QED) is 0.810. The zero-order valence-corrected chi connectivity index (χ0v) is 15.3. The summed E-state index contributed by atoms with van der Waals surface area (Å²) in [4.78, 5) is 17.0. The van der Waals surface area contributed by atoms with E-state index in [9.17, 15) is 9.90 Å². The van der Waals surface area contributed by atoms with Gasteiger partial charge in [0.1, 0.15) is 0 Å². The van der Waals surface area contributed by atoms with Crippen molar-refractivity contribution < 1.29 is 9.90 Å². The molecule has 2 saturated heterocycles.